The highest BCUT2D eigenvalue weighted by Gasteiger charge is 2.19. The first-order valence-corrected chi connectivity index (χ1v) is 25.8. The zero-order valence-corrected chi connectivity index (χ0v) is 40.8. The third-order valence-corrected chi connectivity index (χ3v) is 10.6. The highest BCUT2D eigenvalue weighted by molar-refractivity contribution is 5.71. The summed E-state index contributed by atoms with van der Waals surface area (Å²) in [6, 6.07) is 0. The standard InChI is InChI=1S/C57H94O6/c1-4-7-10-13-16-19-22-25-27-28-30-32-35-38-41-44-47-50-56(59)62-53-54(52-61-55(58)49-46-43-40-37-34-31-24-21-18-15-12-9-6-3)63-57(60)51-48-45-42-39-36-33-29-26-23-20-17-14-11-8-5-2/h9,12,15,17-18,20-21,23-27,30,32,38,41,54H,4-8,10-11,13-14,16,19,22,28-29,31,33-37,39-40,42-53H2,1-3H3/b12-9-,18-15-,20-17-,24-21-,26-23-,27-25-,32-30-,41-38-. The molecule has 0 aliphatic rings. The molecule has 0 bridgehead atoms. The van der Waals surface area contributed by atoms with Crippen molar-refractivity contribution in [3.05, 3.63) is 97.2 Å². The van der Waals surface area contributed by atoms with Crippen molar-refractivity contribution < 1.29 is 28.6 Å². The van der Waals surface area contributed by atoms with Crippen LogP contribution in [0.15, 0.2) is 97.2 Å². The lowest BCUT2D eigenvalue weighted by Gasteiger charge is -2.18. The Kier molecular flexibility index (Phi) is 48.0. The molecule has 0 saturated carbocycles. The van der Waals surface area contributed by atoms with Gasteiger partial charge in [0.05, 0.1) is 0 Å². The maximum Gasteiger partial charge on any atom is 0.306 e. The van der Waals surface area contributed by atoms with Crippen LogP contribution in [-0.4, -0.2) is 37.2 Å². The molecule has 0 rings (SSSR count). The second kappa shape index (κ2) is 51.0. The summed E-state index contributed by atoms with van der Waals surface area (Å²) in [7, 11) is 0. The second-order valence-corrected chi connectivity index (χ2v) is 16.8. The molecular weight excluding hydrogens is 781 g/mol. The van der Waals surface area contributed by atoms with Crippen molar-refractivity contribution in [2.24, 2.45) is 0 Å². The SMILES string of the molecule is CC\C=C/C=C\C=C/CCCCCCCC(=O)OCC(COC(=O)CCC/C=C\C/C=C\C/C=C\CCCCCCCC)OC(=O)CCCCCCCC/C=C\C=C/CCCCC. The molecule has 0 fully saturated rings. The van der Waals surface area contributed by atoms with Gasteiger partial charge in [-0.2, -0.15) is 0 Å². The van der Waals surface area contributed by atoms with Gasteiger partial charge in [-0.25, -0.2) is 0 Å². The van der Waals surface area contributed by atoms with E-state index in [0.717, 1.165) is 96.3 Å². The van der Waals surface area contributed by atoms with Gasteiger partial charge < -0.3 is 14.2 Å². The van der Waals surface area contributed by atoms with Gasteiger partial charge in [0.1, 0.15) is 13.2 Å². The van der Waals surface area contributed by atoms with E-state index in [4.69, 9.17) is 14.2 Å². The zero-order valence-electron chi connectivity index (χ0n) is 40.8. The Bertz CT molecular complexity index is 1280. The van der Waals surface area contributed by atoms with Crippen LogP contribution in [0.2, 0.25) is 0 Å². The van der Waals surface area contributed by atoms with Gasteiger partial charge >= 0.3 is 17.9 Å². The van der Waals surface area contributed by atoms with Crippen molar-refractivity contribution >= 4 is 17.9 Å². The number of unbranched alkanes of at least 4 members (excludes halogenated alkanes) is 21. The number of hydrogen-bond donors (Lipinski definition) is 0. The number of carbonyl (C=O) groups excluding carboxylic acids is 3. The Morgan fingerprint density at radius 2 is 0.698 bits per heavy atom. The molecule has 63 heavy (non-hydrogen) atoms. The number of rotatable bonds is 45. The molecule has 0 amide bonds. The Morgan fingerprint density at radius 3 is 1.21 bits per heavy atom. The van der Waals surface area contributed by atoms with Gasteiger partial charge in [0, 0.05) is 19.3 Å². The summed E-state index contributed by atoms with van der Waals surface area (Å²) in [4.78, 5) is 37.9. The van der Waals surface area contributed by atoms with Crippen LogP contribution < -0.4 is 0 Å². The summed E-state index contributed by atoms with van der Waals surface area (Å²) in [5, 5.41) is 0. The molecule has 0 saturated heterocycles. The van der Waals surface area contributed by atoms with E-state index in [2.05, 4.69) is 118 Å². The lowest BCUT2D eigenvalue weighted by molar-refractivity contribution is -0.167. The molecule has 6 nitrogen and oxygen atoms in total. The van der Waals surface area contributed by atoms with Gasteiger partial charge in [0.2, 0.25) is 0 Å². The second-order valence-electron chi connectivity index (χ2n) is 16.8. The van der Waals surface area contributed by atoms with Crippen LogP contribution >= 0.6 is 0 Å². The maximum atomic E-state index is 12.8. The normalized spacial score (nSPS) is 12.9. The van der Waals surface area contributed by atoms with Crippen LogP contribution in [0.3, 0.4) is 0 Å². The van der Waals surface area contributed by atoms with Crippen LogP contribution in [0.5, 0.6) is 0 Å². The fraction of sp³-hybridized carbons (Fsp3) is 0.667. The molecule has 0 aromatic carbocycles. The average molecular weight is 875 g/mol. The highest BCUT2D eigenvalue weighted by atomic mass is 16.6. The maximum absolute atomic E-state index is 12.8. The number of hydrogen-bond acceptors (Lipinski definition) is 6. The van der Waals surface area contributed by atoms with Crippen molar-refractivity contribution in [2.75, 3.05) is 13.2 Å². The lowest BCUT2D eigenvalue weighted by Crippen LogP contribution is -2.30. The van der Waals surface area contributed by atoms with E-state index in [1.54, 1.807) is 0 Å². The van der Waals surface area contributed by atoms with Crippen LogP contribution in [-0.2, 0) is 28.6 Å². The topological polar surface area (TPSA) is 78.9 Å². The van der Waals surface area contributed by atoms with E-state index in [0.29, 0.717) is 19.3 Å². The van der Waals surface area contributed by atoms with Gasteiger partial charge in [0.25, 0.3) is 0 Å². The van der Waals surface area contributed by atoms with Crippen molar-refractivity contribution in [1.29, 1.82) is 0 Å². The van der Waals surface area contributed by atoms with Gasteiger partial charge in [-0.15, -0.1) is 0 Å². The fourth-order valence-corrected chi connectivity index (χ4v) is 6.74. The predicted molar refractivity (Wildman–Crippen MR) is 270 cm³/mol. The fourth-order valence-electron chi connectivity index (χ4n) is 6.74. The third kappa shape index (κ3) is 49.2. The summed E-state index contributed by atoms with van der Waals surface area (Å²) in [5.41, 5.74) is 0. The molecule has 0 aliphatic carbocycles. The molecule has 358 valence electrons. The van der Waals surface area contributed by atoms with Crippen molar-refractivity contribution in [1.82, 2.24) is 0 Å². The summed E-state index contributed by atoms with van der Waals surface area (Å²) in [5.74, 6) is -0.999. The van der Waals surface area contributed by atoms with E-state index in [1.807, 2.05) is 0 Å². The summed E-state index contributed by atoms with van der Waals surface area (Å²) >= 11 is 0. The monoisotopic (exact) mass is 875 g/mol. The molecule has 0 aliphatic heterocycles. The molecular formula is C57H94O6. The summed E-state index contributed by atoms with van der Waals surface area (Å²) in [6.07, 6.45) is 66.8. The van der Waals surface area contributed by atoms with Crippen molar-refractivity contribution in [2.45, 2.75) is 232 Å². The van der Waals surface area contributed by atoms with Gasteiger partial charge in [-0.1, -0.05) is 208 Å². The molecule has 0 radical (unpaired) electrons. The quantitative estimate of drug-likeness (QED) is 0.0199. The minimum absolute atomic E-state index is 0.110. The number of esters is 3. The predicted octanol–water partition coefficient (Wildman–Crippen LogP) is 17.0. The zero-order chi connectivity index (χ0) is 45.8. The molecule has 1 unspecified atom stereocenters. The Labute approximate surface area is 387 Å². The minimum atomic E-state index is -0.813. The minimum Gasteiger partial charge on any atom is -0.462 e. The van der Waals surface area contributed by atoms with Gasteiger partial charge in [0.15, 0.2) is 6.10 Å². The van der Waals surface area contributed by atoms with Crippen LogP contribution in [0.4, 0.5) is 0 Å². The number of allylic oxidation sites excluding steroid dienone is 16. The highest BCUT2D eigenvalue weighted by Crippen LogP contribution is 2.13. The molecule has 0 heterocycles. The first kappa shape index (κ1) is 59.3. The molecule has 0 aromatic heterocycles. The van der Waals surface area contributed by atoms with E-state index in [-0.39, 0.29) is 37.5 Å². The average Bonchev–Trinajstić information content (AvgIpc) is 3.28. The number of ether oxygens (including phenoxy) is 3. The van der Waals surface area contributed by atoms with E-state index < -0.39 is 6.10 Å². The Balaban J connectivity index is 4.52. The number of carbonyl (C=O) groups is 3. The molecule has 0 aromatic rings. The van der Waals surface area contributed by atoms with Crippen molar-refractivity contribution in [3.63, 3.8) is 0 Å². The Hall–Kier alpha value is -3.67. The van der Waals surface area contributed by atoms with Crippen LogP contribution in [0.1, 0.15) is 226 Å². The largest absolute Gasteiger partial charge is 0.462 e. The van der Waals surface area contributed by atoms with E-state index in [1.165, 1.54) is 83.5 Å². The molecule has 1 atom stereocenters. The van der Waals surface area contributed by atoms with Crippen LogP contribution in [0, 0.1) is 0 Å². The lowest BCUT2D eigenvalue weighted by atomic mass is 10.1. The molecule has 0 spiro atoms. The molecule has 0 N–H and O–H groups in total. The first-order valence-electron chi connectivity index (χ1n) is 25.8. The third-order valence-electron chi connectivity index (χ3n) is 10.6. The summed E-state index contributed by atoms with van der Waals surface area (Å²) < 4.78 is 16.7. The van der Waals surface area contributed by atoms with Crippen LogP contribution in [0.25, 0.3) is 0 Å². The first-order chi connectivity index (χ1) is 31.0. The van der Waals surface area contributed by atoms with E-state index in [9.17, 15) is 14.4 Å². The smallest absolute Gasteiger partial charge is 0.306 e. The Morgan fingerprint density at radius 1 is 0.349 bits per heavy atom. The van der Waals surface area contributed by atoms with E-state index >= 15 is 0 Å². The van der Waals surface area contributed by atoms with Crippen molar-refractivity contribution in [3.8, 4) is 0 Å². The van der Waals surface area contributed by atoms with Gasteiger partial charge in [-0.3, -0.25) is 14.4 Å². The molecule has 6 heteroatoms. The summed E-state index contributed by atoms with van der Waals surface area (Å²) in [6.45, 7) is 6.39. The van der Waals surface area contributed by atoms with Gasteiger partial charge in [-0.05, 0) is 96.3 Å².